The van der Waals surface area contributed by atoms with Gasteiger partial charge in [0.15, 0.2) is 5.84 Å². The number of aromatic nitrogens is 3. The standard InChI is InChI=1S/C16H15N5/c1-13-7-9-15(10-8-13)19-16(14-5-3-2-4-6-14)20-21-11-17-18-12-21/h2-12H,1H3,(H,19,20). The van der Waals surface area contributed by atoms with Crippen LogP contribution in [0.5, 0.6) is 0 Å². The van der Waals surface area contributed by atoms with Crippen molar-refractivity contribution in [1.82, 2.24) is 14.9 Å². The van der Waals surface area contributed by atoms with Crippen LogP contribution in [0.15, 0.2) is 72.2 Å². The summed E-state index contributed by atoms with van der Waals surface area (Å²) >= 11 is 0. The number of hydrogen-bond donors (Lipinski definition) is 1. The van der Waals surface area contributed by atoms with Gasteiger partial charge in [-0.2, -0.15) is 0 Å². The van der Waals surface area contributed by atoms with Crippen LogP contribution in [0, 0.1) is 6.92 Å². The quantitative estimate of drug-likeness (QED) is 0.591. The van der Waals surface area contributed by atoms with Gasteiger partial charge in [0.1, 0.15) is 12.7 Å². The molecule has 5 heteroatoms. The number of rotatable bonds is 3. The zero-order chi connectivity index (χ0) is 14.5. The van der Waals surface area contributed by atoms with E-state index in [0.29, 0.717) is 0 Å². The van der Waals surface area contributed by atoms with E-state index in [4.69, 9.17) is 0 Å². The number of nitrogens with one attached hydrogen (secondary N) is 1. The molecule has 0 unspecified atom stereocenters. The summed E-state index contributed by atoms with van der Waals surface area (Å²) < 4.78 is 1.67. The second-order valence-corrected chi connectivity index (χ2v) is 4.64. The SMILES string of the molecule is Cc1ccc(N=C(Nn2cnnc2)c2ccccc2)cc1. The Morgan fingerprint density at radius 2 is 1.62 bits per heavy atom. The van der Waals surface area contributed by atoms with E-state index in [1.165, 1.54) is 5.56 Å². The highest BCUT2D eigenvalue weighted by Crippen LogP contribution is 2.14. The normalized spacial score (nSPS) is 11.4. The third-order valence-electron chi connectivity index (χ3n) is 2.98. The molecule has 21 heavy (non-hydrogen) atoms. The van der Waals surface area contributed by atoms with E-state index >= 15 is 0 Å². The van der Waals surface area contributed by atoms with E-state index in [0.717, 1.165) is 17.1 Å². The third-order valence-corrected chi connectivity index (χ3v) is 2.98. The van der Waals surface area contributed by atoms with Crippen molar-refractivity contribution in [2.45, 2.75) is 6.92 Å². The summed E-state index contributed by atoms with van der Waals surface area (Å²) in [5.74, 6) is 0.735. The Balaban J connectivity index is 1.97. The van der Waals surface area contributed by atoms with Crippen LogP contribution in [0.1, 0.15) is 11.1 Å². The van der Waals surface area contributed by atoms with Gasteiger partial charge in [-0.15, -0.1) is 10.2 Å². The molecule has 0 fully saturated rings. The molecule has 5 nitrogen and oxygen atoms in total. The topological polar surface area (TPSA) is 55.1 Å². The van der Waals surface area contributed by atoms with Gasteiger partial charge < -0.3 is 0 Å². The molecule has 0 aliphatic heterocycles. The first-order chi connectivity index (χ1) is 10.3. The van der Waals surface area contributed by atoms with Crippen molar-refractivity contribution >= 4 is 11.5 Å². The van der Waals surface area contributed by atoms with E-state index in [-0.39, 0.29) is 0 Å². The lowest BCUT2D eigenvalue weighted by molar-refractivity contribution is 0.968. The van der Waals surface area contributed by atoms with E-state index < -0.39 is 0 Å². The zero-order valence-corrected chi connectivity index (χ0v) is 11.6. The summed E-state index contributed by atoms with van der Waals surface area (Å²) in [7, 11) is 0. The van der Waals surface area contributed by atoms with Crippen LogP contribution in [-0.2, 0) is 0 Å². The second-order valence-electron chi connectivity index (χ2n) is 4.64. The molecule has 0 spiro atoms. The number of benzene rings is 2. The average molecular weight is 277 g/mol. The van der Waals surface area contributed by atoms with Gasteiger partial charge in [0.05, 0.1) is 5.69 Å². The lowest BCUT2D eigenvalue weighted by Crippen LogP contribution is -2.22. The fourth-order valence-electron chi connectivity index (χ4n) is 1.88. The molecule has 3 aromatic rings. The van der Waals surface area contributed by atoms with Crippen LogP contribution in [0.25, 0.3) is 0 Å². The summed E-state index contributed by atoms with van der Waals surface area (Å²) in [5, 5.41) is 7.57. The average Bonchev–Trinajstić information content (AvgIpc) is 3.03. The molecule has 1 heterocycles. The molecule has 3 rings (SSSR count). The summed E-state index contributed by atoms with van der Waals surface area (Å²) in [6.45, 7) is 2.06. The van der Waals surface area contributed by atoms with Gasteiger partial charge in [0, 0.05) is 5.56 Å². The monoisotopic (exact) mass is 277 g/mol. The molecule has 0 radical (unpaired) electrons. The highest BCUT2D eigenvalue weighted by molar-refractivity contribution is 6.05. The minimum absolute atomic E-state index is 0.735. The molecule has 0 bridgehead atoms. The molecule has 0 atom stereocenters. The first-order valence-corrected chi connectivity index (χ1v) is 6.64. The van der Waals surface area contributed by atoms with Crippen LogP contribution in [0.4, 0.5) is 5.69 Å². The van der Waals surface area contributed by atoms with Crippen LogP contribution >= 0.6 is 0 Å². The van der Waals surface area contributed by atoms with Crippen molar-refractivity contribution in [1.29, 1.82) is 0 Å². The first kappa shape index (κ1) is 13.1. The van der Waals surface area contributed by atoms with E-state index in [9.17, 15) is 0 Å². The molecule has 104 valence electrons. The Kier molecular flexibility index (Phi) is 3.73. The minimum Gasteiger partial charge on any atom is -0.275 e. The summed E-state index contributed by atoms with van der Waals surface area (Å²) in [5.41, 5.74) is 6.27. The van der Waals surface area contributed by atoms with Gasteiger partial charge in [0.25, 0.3) is 0 Å². The van der Waals surface area contributed by atoms with Crippen molar-refractivity contribution in [3.63, 3.8) is 0 Å². The van der Waals surface area contributed by atoms with Crippen LogP contribution in [0.3, 0.4) is 0 Å². The van der Waals surface area contributed by atoms with Crippen molar-refractivity contribution in [2.24, 2.45) is 4.99 Å². The van der Waals surface area contributed by atoms with Crippen molar-refractivity contribution in [2.75, 3.05) is 5.43 Å². The lowest BCUT2D eigenvalue weighted by Gasteiger charge is -2.10. The Bertz CT molecular complexity index is 715. The molecular formula is C16H15N5. The molecule has 0 aliphatic carbocycles. The minimum atomic E-state index is 0.735. The van der Waals surface area contributed by atoms with Gasteiger partial charge in [-0.25, -0.2) is 9.67 Å². The van der Waals surface area contributed by atoms with Crippen LogP contribution < -0.4 is 5.43 Å². The highest BCUT2D eigenvalue weighted by atomic mass is 15.5. The number of hydrogen-bond acceptors (Lipinski definition) is 3. The molecular weight excluding hydrogens is 262 g/mol. The predicted molar refractivity (Wildman–Crippen MR) is 83.2 cm³/mol. The van der Waals surface area contributed by atoms with E-state index in [1.807, 2.05) is 54.6 Å². The fraction of sp³-hybridized carbons (Fsp3) is 0.0625. The summed E-state index contributed by atoms with van der Waals surface area (Å²) in [4.78, 5) is 4.67. The summed E-state index contributed by atoms with van der Waals surface area (Å²) in [6, 6.07) is 18.0. The zero-order valence-electron chi connectivity index (χ0n) is 11.6. The number of nitrogens with zero attached hydrogens (tertiary/aromatic N) is 4. The van der Waals surface area contributed by atoms with Crippen molar-refractivity contribution in [3.05, 3.63) is 78.4 Å². The largest absolute Gasteiger partial charge is 0.275 e. The Morgan fingerprint density at radius 1 is 0.952 bits per heavy atom. The smallest absolute Gasteiger partial charge is 0.152 e. The lowest BCUT2D eigenvalue weighted by atomic mass is 10.2. The van der Waals surface area contributed by atoms with Gasteiger partial charge in [-0.05, 0) is 19.1 Å². The maximum absolute atomic E-state index is 4.67. The van der Waals surface area contributed by atoms with Gasteiger partial charge in [0.2, 0.25) is 0 Å². The predicted octanol–water partition coefficient (Wildman–Crippen LogP) is 2.91. The van der Waals surface area contributed by atoms with Crippen molar-refractivity contribution in [3.8, 4) is 0 Å². The maximum Gasteiger partial charge on any atom is 0.152 e. The number of aryl methyl sites for hydroxylation is 1. The molecule has 0 amide bonds. The molecule has 0 aliphatic rings. The molecule has 2 aromatic carbocycles. The maximum atomic E-state index is 4.67. The summed E-state index contributed by atoms with van der Waals surface area (Å²) in [6.07, 6.45) is 3.18. The first-order valence-electron chi connectivity index (χ1n) is 6.64. The van der Waals surface area contributed by atoms with Crippen LogP contribution in [-0.4, -0.2) is 20.7 Å². The Hall–Kier alpha value is -2.95. The van der Waals surface area contributed by atoms with Crippen LogP contribution in [0.2, 0.25) is 0 Å². The molecule has 0 saturated carbocycles. The Labute approximate surface area is 123 Å². The highest BCUT2D eigenvalue weighted by Gasteiger charge is 2.04. The third kappa shape index (κ3) is 3.33. The number of aliphatic imine (C=N–C) groups is 1. The molecule has 1 N–H and O–H groups in total. The van der Waals surface area contributed by atoms with Gasteiger partial charge >= 0.3 is 0 Å². The second kappa shape index (κ2) is 6.00. The van der Waals surface area contributed by atoms with Gasteiger partial charge in [-0.1, -0.05) is 48.0 Å². The number of amidine groups is 1. The fourth-order valence-corrected chi connectivity index (χ4v) is 1.88. The van der Waals surface area contributed by atoms with Gasteiger partial charge in [-0.3, -0.25) is 5.43 Å². The Morgan fingerprint density at radius 3 is 2.29 bits per heavy atom. The molecule has 1 aromatic heterocycles. The van der Waals surface area contributed by atoms with E-state index in [1.54, 1.807) is 17.3 Å². The molecule has 0 saturated heterocycles. The van der Waals surface area contributed by atoms with E-state index in [2.05, 4.69) is 27.5 Å². The van der Waals surface area contributed by atoms with Crippen molar-refractivity contribution < 1.29 is 0 Å².